The molecule has 0 saturated carbocycles. The molecule has 2 N–H and O–H groups in total. The van der Waals surface area contributed by atoms with Crippen molar-refractivity contribution in [3.8, 4) is 0 Å². The van der Waals surface area contributed by atoms with E-state index in [0.29, 0.717) is 17.9 Å². The van der Waals surface area contributed by atoms with E-state index < -0.39 is 0 Å². The first-order valence-electron chi connectivity index (χ1n) is 7.11. The van der Waals surface area contributed by atoms with Gasteiger partial charge >= 0.3 is 0 Å². The van der Waals surface area contributed by atoms with Gasteiger partial charge in [-0.05, 0) is 25.5 Å². The van der Waals surface area contributed by atoms with E-state index >= 15 is 0 Å². The van der Waals surface area contributed by atoms with Crippen LogP contribution in [0.15, 0.2) is 30.3 Å². The third-order valence-electron chi connectivity index (χ3n) is 3.42. The maximum Gasteiger partial charge on any atom is 0.272 e. The number of rotatable bonds is 5. The number of nitrogen functional groups attached to an aromatic ring is 1. The largest absolute Gasteiger partial charge is 0.398 e. The highest BCUT2D eigenvalue weighted by molar-refractivity contribution is 5.99. The quantitative estimate of drug-likeness (QED) is 0.909. The highest BCUT2D eigenvalue weighted by Crippen LogP contribution is 2.20. The van der Waals surface area contributed by atoms with E-state index in [1.807, 2.05) is 36.1 Å². The maximum atomic E-state index is 12.5. The van der Waals surface area contributed by atoms with Crippen LogP contribution in [0.5, 0.6) is 0 Å². The van der Waals surface area contributed by atoms with Crippen LogP contribution in [0.1, 0.15) is 37.2 Å². The van der Waals surface area contributed by atoms with Crippen LogP contribution in [0.3, 0.4) is 0 Å². The van der Waals surface area contributed by atoms with Gasteiger partial charge in [0, 0.05) is 24.2 Å². The van der Waals surface area contributed by atoms with Crippen molar-refractivity contribution < 1.29 is 4.79 Å². The zero-order chi connectivity index (χ0) is 14.5. The number of aromatic nitrogens is 1. The number of nitrogens with zero attached hydrogens (tertiary/aromatic N) is 2. The molecule has 0 bridgehead atoms. The Hall–Kier alpha value is -2.10. The minimum absolute atomic E-state index is 0.0431. The SMILES string of the molecule is CCCCN(CC)C(=O)c1cc(N)c2ccccc2n1. The van der Waals surface area contributed by atoms with E-state index in [2.05, 4.69) is 11.9 Å². The molecule has 0 unspecified atom stereocenters. The molecule has 0 spiro atoms. The van der Waals surface area contributed by atoms with Gasteiger partial charge < -0.3 is 10.6 Å². The fourth-order valence-electron chi connectivity index (χ4n) is 2.23. The minimum Gasteiger partial charge on any atom is -0.398 e. The third-order valence-corrected chi connectivity index (χ3v) is 3.42. The first-order chi connectivity index (χ1) is 9.67. The number of carbonyl (C=O) groups is 1. The average molecular weight is 271 g/mol. The summed E-state index contributed by atoms with van der Waals surface area (Å²) in [6.45, 7) is 5.55. The van der Waals surface area contributed by atoms with Crippen molar-refractivity contribution in [2.45, 2.75) is 26.7 Å². The summed E-state index contributed by atoms with van der Waals surface area (Å²) in [5.74, 6) is -0.0431. The monoisotopic (exact) mass is 271 g/mol. The standard InChI is InChI=1S/C16H21N3O/c1-3-5-10-19(4-2)16(20)15-11-13(17)12-8-6-7-9-14(12)18-15/h6-9,11H,3-5,10H2,1-2H3,(H2,17,18). The van der Waals surface area contributed by atoms with Gasteiger partial charge in [-0.15, -0.1) is 0 Å². The van der Waals surface area contributed by atoms with Crippen LogP contribution >= 0.6 is 0 Å². The fraction of sp³-hybridized carbons (Fsp3) is 0.375. The number of para-hydroxylation sites is 1. The second-order valence-electron chi connectivity index (χ2n) is 4.85. The fourth-order valence-corrected chi connectivity index (χ4v) is 2.23. The van der Waals surface area contributed by atoms with E-state index in [1.54, 1.807) is 6.07 Å². The first kappa shape index (κ1) is 14.3. The molecule has 0 saturated heterocycles. The van der Waals surface area contributed by atoms with Gasteiger partial charge in [0.2, 0.25) is 0 Å². The molecule has 0 aliphatic heterocycles. The van der Waals surface area contributed by atoms with Crippen molar-refractivity contribution >= 4 is 22.5 Å². The lowest BCUT2D eigenvalue weighted by atomic mass is 10.1. The summed E-state index contributed by atoms with van der Waals surface area (Å²) in [6.07, 6.45) is 2.07. The van der Waals surface area contributed by atoms with Crippen molar-refractivity contribution in [1.29, 1.82) is 0 Å². The van der Waals surface area contributed by atoms with Crippen molar-refractivity contribution in [1.82, 2.24) is 9.88 Å². The second-order valence-corrected chi connectivity index (χ2v) is 4.85. The van der Waals surface area contributed by atoms with Gasteiger partial charge in [0.15, 0.2) is 0 Å². The Morgan fingerprint density at radius 1 is 1.30 bits per heavy atom. The molecule has 1 aromatic heterocycles. The van der Waals surface area contributed by atoms with E-state index in [9.17, 15) is 4.79 Å². The van der Waals surface area contributed by atoms with Crippen molar-refractivity contribution in [3.05, 3.63) is 36.0 Å². The predicted molar refractivity (Wildman–Crippen MR) is 82.6 cm³/mol. The Morgan fingerprint density at radius 2 is 2.05 bits per heavy atom. The van der Waals surface area contributed by atoms with Gasteiger partial charge in [-0.25, -0.2) is 4.98 Å². The number of hydrogen-bond donors (Lipinski definition) is 1. The Labute approximate surface area is 119 Å². The van der Waals surface area contributed by atoms with Gasteiger partial charge in [0.25, 0.3) is 5.91 Å². The van der Waals surface area contributed by atoms with E-state index in [4.69, 9.17) is 5.73 Å². The first-order valence-corrected chi connectivity index (χ1v) is 7.11. The van der Waals surface area contributed by atoms with E-state index in [-0.39, 0.29) is 5.91 Å². The second kappa shape index (κ2) is 6.37. The summed E-state index contributed by atoms with van der Waals surface area (Å²) < 4.78 is 0. The maximum absolute atomic E-state index is 12.5. The molecule has 0 aliphatic rings. The zero-order valence-corrected chi connectivity index (χ0v) is 12.1. The topological polar surface area (TPSA) is 59.2 Å². The Kier molecular flexibility index (Phi) is 4.56. The number of fused-ring (bicyclic) bond motifs is 1. The van der Waals surface area contributed by atoms with Crippen LogP contribution in [0, 0.1) is 0 Å². The van der Waals surface area contributed by atoms with Crippen LogP contribution in [-0.4, -0.2) is 28.9 Å². The lowest BCUT2D eigenvalue weighted by Gasteiger charge is -2.20. The van der Waals surface area contributed by atoms with E-state index in [1.165, 1.54) is 0 Å². The number of unbranched alkanes of at least 4 members (excludes halogenated alkanes) is 1. The molecule has 1 aromatic carbocycles. The van der Waals surface area contributed by atoms with Gasteiger partial charge in [-0.1, -0.05) is 31.5 Å². The van der Waals surface area contributed by atoms with Crippen LogP contribution in [0.4, 0.5) is 5.69 Å². The van der Waals surface area contributed by atoms with Gasteiger partial charge in [-0.2, -0.15) is 0 Å². The number of carbonyl (C=O) groups excluding carboxylic acids is 1. The van der Waals surface area contributed by atoms with Crippen molar-refractivity contribution in [2.75, 3.05) is 18.8 Å². The van der Waals surface area contributed by atoms with Crippen LogP contribution in [0.2, 0.25) is 0 Å². The minimum atomic E-state index is -0.0431. The molecule has 1 heterocycles. The molecule has 0 atom stereocenters. The molecular weight excluding hydrogens is 250 g/mol. The van der Waals surface area contributed by atoms with Gasteiger partial charge in [0.05, 0.1) is 5.52 Å². The van der Waals surface area contributed by atoms with Crippen LogP contribution in [0.25, 0.3) is 10.9 Å². The molecule has 4 heteroatoms. The Bertz CT molecular complexity index is 610. The highest BCUT2D eigenvalue weighted by atomic mass is 16.2. The van der Waals surface area contributed by atoms with Crippen molar-refractivity contribution in [2.24, 2.45) is 0 Å². The highest BCUT2D eigenvalue weighted by Gasteiger charge is 2.16. The number of hydrogen-bond acceptors (Lipinski definition) is 3. The summed E-state index contributed by atoms with van der Waals surface area (Å²) in [5, 5.41) is 0.889. The number of anilines is 1. The molecular formula is C16H21N3O. The summed E-state index contributed by atoms with van der Waals surface area (Å²) in [7, 11) is 0. The lowest BCUT2D eigenvalue weighted by Crippen LogP contribution is -2.32. The number of pyridine rings is 1. The molecule has 2 rings (SSSR count). The number of benzene rings is 1. The lowest BCUT2D eigenvalue weighted by molar-refractivity contribution is 0.0757. The summed E-state index contributed by atoms with van der Waals surface area (Å²) in [4.78, 5) is 18.7. The molecule has 2 aromatic rings. The Morgan fingerprint density at radius 3 is 2.75 bits per heavy atom. The van der Waals surface area contributed by atoms with Crippen LogP contribution in [-0.2, 0) is 0 Å². The molecule has 0 aliphatic carbocycles. The average Bonchev–Trinajstić information content (AvgIpc) is 2.47. The zero-order valence-electron chi connectivity index (χ0n) is 12.1. The smallest absolute Gasteiger partial charge is 0.272 e. The summed E-state index contributed by atoms with van der Waals surface area (Å²) >= 11 is 0. The number of nitrogens with two attached hydrogens (primary N) is 1. The number of amides is 1. The third kappa shape index (κ3) is 2.90. The molecule has 106 valence electrons. The molecule has 20 heavy (non-hydrogen) atoms. The van der Waals surface area contributed by atoms with Gasteiger partial charge in [0.1, 0.15) is 5.69 Å². The van der Waals surface area contributed by atoms with Crippen molar-refractivity contribution in [3.63, 3.8) is 0 Å². The predicted octanol–water partition coefficient (Wildman–Crippen LogP) is 3.08. The summed E-state index contributed by atoms with van der Waals surface area (Å²) in [6, 6.07) is 9.30. The van der Waals surface area contributed by atoms with Gasteiger partial charge in [-0.3, -0.25) is 4.79 Å². The van der Waals surface area contributed by atoms with Crippen LogP contribution < -0.4 is 5.73 Å². The molecule has 1 amide bonds. The molecule has 0 radical (unpaired) electrons. The molecule has 0 fully saturated rings. The normalized spacial score (nSPS) is 10.7. The summed E-state index contributed by atoms with van der Waals surface area (Å²) in [5.41, 5.74) is 7.82. The van der Waals surface area contributed by atoms with E-state index in [0.717, 1.165) is 30.3 Å². The molecule has 4 nitrogen and oxygen atoms in total. The Balaban J connectivity index is 2.34.